The maximum Gasteiger partial charge on any atom is 0.200 e. The predicted molar refractivity (Wildman–Crippen MR) is 76.2 cm³/mol. The van der Waals surface area contributed by atoms with E-state index in [1.165, 1.54) is 0 Å². The number of hydrogen-bond donors (Lipinski definition) is 1. The van der Waals surface area contributed by atoms with Crippen LogP contribution in [0.25, 0.3) is 0 Å². The molecule has 18 heavy (non-hydrogen) atoms. The highest BCUT2D eigenvalue weighted by molar-refractivity contribution is 7.57. The molecule has 0 bridgehead atoms. The van der Waals surface area contributed by atoms with E-state index in [-0.39, 0.29) is 0 Å². The number of aryl methyl sites for hydroxylation is 1. The van der Waals surface area contributed by atoms with Crippen molar-refractivity contribution < 1.29 is 9.46 Å². The highest BCUT2D eigenvalue weighted by Crippen LogP contribution is 2.43. The maximum atomic E-state index is 12.0. The van der Waals surface area contributed by atoms with Crippen molar-refractivity contribution in [1.29, 1.82) is 0 Å². The van der Waals surface area contributed by atoms with Crippen LogP contribution in [-0.2, 0) is 11.0 Å². The third kappa shape index (κ3) is 6.32. The number of aromatic nitrogens is 1. The van der Waals surface area contributed by atoms with E-state index in [4.69, 9.17) is 0 Å². The van der Waals surface area contributed by atoms with Crippen molar-refractivity contribution in [1.82, 2.24) is 4.98 Å². The number of pyridine rings is 1. The smallest absolute Gasteiger partial charge is 0.200 e. The Morgan fingerprint density at radius 2 is 2.28 bits per heavy atom. The maximum absolute atomic E-state index is 12.0. The summed E-state index contributed by atoms with van der Waals surface area (Å²) >= 11 is 0. The summed E-state index contributed by atoms with van der Waals surface area (Å²) in [5, 5.41) is 0. The molecule has 2 unspecified atom stereocenters. The van der Waals surface area contributed by atoms with Gasteiger partial charge in [0.25, 0.3) is 0 Å². The topological polar surface area (TPSA) is 50.2 Å². The Kier molecular flexibility index (Phi) is 6.59. The van der Waals surface area contributed by atoms with Crippen molar-refractivity contribution in [3.63, 3.8) is 0 Å². The minimum atomic E-state index is -2.94. The van der Waals surface area contributed by atoms with Crippen LogP contribution in [0.1, 0.15) is 38.7 Å². The zero-order valence-corrected chi connectivity index (χ0v) is 12.3. The van der Waals surface area contributed by atoms with Gasteiger partial charge in [0.2, 0.25) is 7.37 Å². The van der Waals surface area contributed by atoms with Gasteiger partial charge in [0.1, 0.15) is 0 Å². The van der Waals surface area contributed by atoms with Gasteiger partial charge >= 0.3 is 0 Å². The summed E-state index contributed by atoms with van der Waals surface area (Å²) in [7, 11) is -2.94. The molecule has 0 aromatic carbocycles. The Balaban J connectivity index is 2.31. The van der Waals surface area contributed by atoms with Crippen molar-refractivity contribution in [2.75, 3.05) is 12.3 Å². The molecule has 0 aliphatic heterocycles. The summed E-state index contributed by atoms with van der Waals surface area (Å²) < 4.78 is 12.0. The molecule has 1 N–H and O–H groups in total. The average molecular weight is 269 g/mol. The van der Waals surface area contributed by atoms with Crippen molar-refractivity contribution in [2.45, 2.75) is 39.5 Å². The Hall–Kier alpha value is -0.660. The second-order valence-electron chi connectivity index (χ2n) is 5.11. The standard InChI is InChI=1S/C14H24NO2P/c1-3-6-13(2)12-18(16,17)10-5-8-14-7-4-9-15-11-14/h4,7,9,11,13H,3,5-6,8,10,12H2,1-2H3,(H,16,17). The molecular weight excluding hydrogens is 245 g/mol. The van der Waals surface area contributed by atoms with Crippen LogP contribution < -0.4 is 0 Å². The molecule has 102 valence electrons. The minimum absolute atomic E-state index is 0.351. The molecule has 0 aliphatic carbocycles. The quantitative estimate of drug-likeness (QED) is 0.732. The van der Waals surface area contributed by atoms with E-state index in [9.17, 15) is 9.46 Å². The van der Waals surface area contributed by atoms with E-state index < -0.39 is 7.37 Å². The van der Waals surface area contributed by atoms with Gasteiger partial charge in [0.15, 0.2) is 0 Å². The molecule has 0 saturated heterocycles. The van der Waals surface area contributed by atoms with Gasteiger partial charge in [-0.1, -0.05) is 32.8 Å². The molecule has 0 saturated carbocycles. The zero-order chi connectivity index (χ0) is 13.4. The number of rotatable bonds is 8. The molecule has 3 nitrogen and oxygen atoms in total. The third-order valence-corrected chi connectivity index (χ3v) is 5.28. The van der Waals surface area contributed by atoms with Gasteiger partial charge < -0.3 is 4.89 Å². The highest BCUT2D eigenvalue weighted by atomic mass is 31.2. The van der Waals surface area contributed by atoms with Crippen molar-refractivity contribution >= 4 is 7.37 Å². The predicted octanol–water partition coefficient (Wildman–Crippen LogP) is 3.72. The lowest BCUT2D eigenvalue weighted by molar-refractivity contribution is 0.456. The van der Waals surface area contributed by atoms with Gasteiger partial charge in [-0.25, -0.2) is 0 Å². The van der Waals surface area contributed by atoms with Gasteiger partial charge in [-0.3, -0.25) is 9.55 Å². The highest BCUT2D eigenvalue weighted by Gasteiger charge is 2.20. The fraction of sp³-hybridized carbons (Fsp3) is 0.643. The largest absolute Gasteiger partial charge is 0.344 e. The molecule has 0 aliphatic rings. The molecule has 1 heterocycles. The first-order valence-electron chi connectivity index (χ1n) is 6.73. The van der Waals surface area contributed by atoms with Gasteiger partial charge in [0, 0.05) is 24.7 Å². The van der Waals surface area contributed by atoms with Crippen LogP contribution in [0.5, 0.6) is 0 Å². The van der Waals surface area contributed by atoms with E-state index in [1.54, 1.807) is 6.20 Å². The Morgan fingerprint density at radius 1 is 1.50 bits per heavy atom. The van der Waals surface area contributed by atoms with Crippen LogP contribution in [0.3, 0.4) is 0 Å². The number of hydrogen-bond acceptors (Lipinski definition) is 2. The molecule has 0 amide bonds. The first-order chi connectivity index (χ1) is 8.53. The fourth-order valence-corrected chi connectivity index (χ4v) is 4.23. The van der Waals surface area contributed by atoms with Crippen LogP contribution in [0.4, 0.5) is 0 Å². The summed E-state index contributed by atoms with van der Waals surface area (Å²) in [6, 6.07) is 3.91. The Morgan fingerprint density at radius 3 is 2.89 bits per heavy atom. The minimum Gasteiger partial charge on any atom is -0.344 e. The second-order valence-corrected chi connectivity index (χ2v) is 7.62. The first-order valence-corrected chi connectivity index (χ1v) is 8.76. The lowest BCUT2D eigenvalue weighted by Crippen LogP contribution is -2.05. The summed E-state index contributed by atoms with van der Waals surface area (Å²) in [5.74, 6) is 0.351. The van der Waals surface area contributed by atoms with Crippen LogP contribution in [0, 0.1) is 5.92 Å². The van der Waals surface area contributed by atoms with Crippen molar-refractivity contribution in [3.8, 4) is 0 Å². The summed E-state index contributed by atoms with van der Waals surface area (Å²) in [6.07, 6.45) is 8.17. The van der Waals surface area contributed by atoms with E-state index >= 15 is 0 Å². The molecule has 1 aromatic heterocycles. The zero-order valence-electron chi connectivity index (χ0n) is 11.4. The lowest BCUT2D eigenvalue weighted by atomic mass is 10.1. The van der Waals surface area contributed by atoms with Gasteiger partial charge in [-0.05, 0) is 30.4 Å². The third-order valence-electron chi connectivity index (χ3n) is 3.07. The van der Waals surface area contributed by atoms with Crippen LogP contribution in [0.15, 0.2) is 24.5 Å². The van der Waals surface area contributed by atoms with Crippen LogP contribution >= 0.6 is 7.37 Å². The average Bonchev–Trinajstić information content (AvgIpc) is 2.29. The van der Waals surface area contributed by atoms with E-state index in [0.717, 1.165) is 31.2 Å². The van der Waals surface area contributed by atoms with E-state index in [2.05, 4.69) is 18.8 Å². The number of nitrogens with zero attached hydrogens (tertiary/aromatic N) is 1. The van der Waals surface area contributed by atoms with E-state index in [1.807, 2.05) is 18.3 Å². The Bertz CT molecular complexity index is 381. The molecule has 1 rings (SSSR count). The van der Waals surface area contributed by atoms with Gasteiger partial charge in [0.05, 0.1) is 0 Å². The van der Waals surface area contributed by atoms with Gasteiger partial charge in [-0.2, -0.15) is 0 Å². The van der Waals surface area contributed by atoms with Crippen LogP contribution in [-0.4, -0.2) is 22.2 Å². The molecule has 1 aromatic rings. The molecule has 0 fully saturated rings. The second kappa shape index (κ2) is 7.70. The van der Waals surface area contributed by atoms with Crippen molar-refractivity contribution in [2.24, 2.45) is 5.92 Å². The summed E-state index contributed by atoms with van der Waals surface area (Å²) in [5.41, 5.74) is 1.14. The normalized spacial score (nSPS) is 16.2. The van der Waals surface area contributed by atoms with Gasteiger partial charge in [-0.15, -0.1) is 0 Å². The first kappa shape index (κ1) is 15.4. The molecule has 0 spiro atoms. The molecule has 2 atom stereocenters. The lowest BCUT2D eigenvalue weighted by Gasteiger charge is -2.16. The molecular formula is C14H24NO2P. The summed E-state index contributed by atoms with van der Waals surface area (Å²) in [6.45, 7) is 4.18. The SMILES string of the molecule is CCCC(C)CP(=O)(O)CCCc1cccnc1. The Labute approximate surface area is 110 Å². The van der Waals surface area contributed by atoms with Crippen molar-refractivity contribution in [3.05, 3.63) is 30.1 Å². The van der Waals surface area contributed by atoms with E-state index in [0.29, 0.717) is 18.2 Å². The molecule has 4 heteroatoms. The summed E-state index contributed by atoms with van der Waals surface area (Å²) in [4.78, 5) is 14.0. The fourth-order valence-electron chi connectivity index (χ4n) is 2.24. The van der Waals surface area contributed by atoms with Crippen LogP contribution in [0.2, 0.25) is 0 Å². The molecule has 0 radical (unpaired) electrons. The monoisotopic (exact) mass is 269 g/mol.